The van der Waals surface area contributed by atoms with E-state index in [4.69, 9.17) is 11.6 Å². The van der Waals surface area contributed by atoms with E-state index < -0.39 is 10.8 Å². The molecule has 2 aliphatic carbocycles. The zero-order valence-electron chi connectivity index (χ0n) is 12.4. The van der Waals surface area contributed by atoms with Crippen molar-refractivity contribution >= 4 is 23.2 Å². The number of hydrogen-bond acceptors (Lipinski definition) is 3. The lowest BCUT2D eigenvalue weighted by atomic mass is 9.84. The molecule has 3 rings (SSSR count). The molecule has 2 bridgehead atoms. The molecule has 0 heterocycles. The number of halogens is 1. The van der Waals surface area contributed by atoms with Crippen LogP contribution >= 0.6 is 11.6 Å². The summed E-state index contributed by atoms with van der Waals surface area (Å²) < 4.78 is 0. The van der Waals surface area contributed by atoms with Gasteiger partial charge < -0.3 is 5.32 Å². The van der Waals surface area contributed by atoms with Crippen LogP contribution in [0.2, 0.25) is 5.02 Å². The number of nitro benzene ring substituents is 1. The summed E-state index contributed by atoms with van der Waals surface area (Å²) >= 11 is 5.88. The molecule has 1 aromatic rings. The van der Waals surface area contributed by atoms with Crippen LogP contribution in [0, 0.1) is 27.9 Å². The van der Waals surface area contributed by atoms with Crippen molar-refractivity contribution in [3.8, 4) is 0 Å². The van der Waals surface area contributed by atoms with E-state index in [0.717, 1.165) is 12.3 Å². The van der Waals surface area contributed by atoms with Crippen molar-refractivity contribution in [2.45, 2.75) is 38.6 Å². The number of nitro groups is 1. The minimum atomic E-state index is -0.548. The number of rotatable bonds is 4. The summed E-state index contributed by atoms with van der Waals surface area (Å²) in [6.45, 7) is 2.00. The lowest BCUT2D eigenvalue weighted by Crippen LogP contribution is -2.40. The highest BCUT2D eigenvalue weighted by molar-refractivity contribution is 6.31. The SMILES string of the molecule is C[C@H](NC(=O)c1cc(Cl)ccc1[N+](=O)[O-])[C@@H]1C[C@H]2CC[C@H]1C2. The van der Waals surface area contributed by atoms with Gasteiger partial charge in [-0.15, -0.1) is 0 Å². The van der Waals surface area contributed by atoms with E-state index >= 15 is 0 Å². The standard InChI is InChI=1S/C16H19ClN2O3/c1-9(13-7-10-2-3-11(13)6-10)18-16(20)14-8-12(17)4-5-15(14)19(21)22/h4-5,8-11,13H,2-3,6-7H2,1H3,(H,18,20)/t9-,10-,11-,13-/m0/s1. The van der Waals surface area contributed by atoms with Gasteiger partial charge in [-0.2, -0.15) is 0 Å². The fourth-order valence-corrected chi connectivity index (χ4v) is 4.32. The van der Waals surface area contributed by atoms with Crippen molar-refractivity contribution in [3.05, 3.63) is 38.9 Å². The highest BCUT2D eigenvalue weighted by Crippen LogP contribution is 2.49. The van der Waals surface area contributed by atoms with Gasteiger partial charge in [-0.05, 0) is 56.1 Å². The Hall–Kier alpha value is -1.62. The Labute approximate surface area is 134 Å². The van der Waals surface area contributed by atoms with E-state index in [1.54, 1.807) is 0 Å². The van der Waals surface area contributed by atoms with E-state index in [1.165, 1.54) is 37.5 Å². The minimum Gasteiger partial charge on any atom is -0.349 e. The second-order valence-corrected chi connectivity index (χ2v) is 6.96. The fraction of sp³-hybridized carbons (Fsp3) is 0.562. The molecule has 0 radical (unpaired) electrons. The highest BCUT2D eigenvalue weighted by Gasteiger charge is 2.42. The van der Waals surface area contributed by atoms with Crippen molar-refractivity contribution < 1.29 is 9.72 Å². The third kappa shape index (κ3) is 2.82. The maximum atomic E-state index is 12.4. The highest BCUT2D eigenvalue weighted by atomic mass is 35.5. The summed E-state index contributed by atoms with van der Waals surface area (Å²) in [5, 5.41) is 14.3. The first-order chi connectivity index (χ1) is 10.5. The normalized spacial score (nSPS) is 27.6. The Kier molecular flexibility index (Phi) is 4.08. The van der Waals surface area contributed by atoms with Gasteiger partial charge in [-0.25, -0.2) is 0 Å². The van der Waals surface area contributed by atoms with Gasteiger partial charge in [0, 0.05) is 17.1 Å². The molecular formula is C16H19ClN2O3. The average molecular weight is 323 g/mol. The molecule has 118 valence electrons. The lowest BCUT2D eigenvalue weighted by Gasteiger charge is -2.28. The first-order valence-electron chi connectivity index (χ1n) is 7.70. The molecule has 0 spiro atoms. The Balaban J connectivity index is 1.74. The van der Waals surface area contributed by atoms with Crippen LogP contribution in [0.1, 0.15) is 43.0 Å². The Morgan fingerprint density at radius 1 is 1.41 bits per heavy atom. The molecule has 2 fully saturated rings. The Bertz CT molecular complexity index is 619. The van der Waals surface area contributed by atoms with E-state index in [9.17, 15) is 14.9 Å². The van der Waals surface area contributed by atoms with E-state index in [2.05, 4.69) is 5.32 Å². The molecule has 1 N–H and O–H groups in total. The third-order valence-corrected chi connectivity index (χ3v) is 5.43. The quantitative estimate of drug-likeness (QED) is 0.677. The van der Waals surface area contributed by atoms with Crippen molar-refractivity contribution in [1.82, 2.24) is 5.32 Å². The van der Waals surface area contributed by atoms with Crippen molar-refractivity contribution in [2.75, 3.05) is 0 Å². The number of amides is 1. The number of carbonyl (C=O) groups is 1. The first kappa shape index (κ1) is 15.3. The number of fused-ring (bicyclic) bond motifs is 2. The van der Waals surface area contributed by atoms with Gasteiger partial charge in [0.2, 0.25) is 0 Å². The third-order valence-electron chi connectivity index (χ3n) is 5.19. The van der Waals surface area contributed by atoms with Gasteiger partial charge in [0.25, 0.3) is 11.6 Å². The number of nitrogens with one attached hydrogen (secondary N) is 1. The molecule has 0 aromatic heterocycles. The monoisotopic (exact) mass is 322 g/mol. The maximum Gasteiger partial charge on any atom is 0.282 e. The van der Waals surface area contributed by atoms with Crippen LogP contribution in [0.15, 0.2) is 18.2 Å². The zero-order chi connectivity index (χ0) is 15.9. The smallest absolute Gasteiger partial charge is 0.282 e. The molecule has 0 unspecified atom stereocenters. The van der Waals surface area contributed by atoms with Gasteiger partial charge >= 0.3 is 0 Å². The van der Waals surface area contributed by atoms with Gasteiger partial charge in [-0.1, -0.05) is 18.0 Å². The van der Waals surface area contributed by atoms with E-state index in [-0.39, 0.29) is 17.3 Å². The van der Waals surface area contributed by atoms with Gasteiger partial charge in [0.15, 0.2) is 0 Å². The van der Waals surface area contributed by atoms with Crippen LogP contribution in [0.25, 0.3) is 0 Å². The van der Waals surface area contributed by atoms with Crippen LogP contribution < -0.4 is 5.32 Å². The molecule has 22 heavy (non-hydrogen) atoms. The predicted octanol–water partition coefficient (Wildman–Crippen LogP) is 3.80. The van der Waals surface area contributed by atoms with E-state index in [1.807, 2.05) is 6.92 Å². The summed E-state index contributed by atoms with van der Waals surface area (Å²) in [6, 6.07) is 4.10. The topological polar surface area (TPSA) is 72.2 Å². The van der Waals surface area contributed by atoms with Crippen molar-refractivity contribution in [3.63, 3.8) is 0 Å². The van der Waals surface area contributed by atoms with E-state index in [0.29, 0.717) is 16.9 Å². The summed E-state index contributed by atoms with van der Waals surface area (Å²) in [5.41, 5.74) is -0.172. The number of nitrogens with zero attached hydrogens (tertiary/aromatic N) is 1. The lowest BCUT2D eigenvalue weighted by molar-refractivity contribution is -0.385. The van der Waals surface area contributed by atoms with Crippen LogP contribution in [0.4, 0.5) is 5.69 Å². The van der Waals surface area contributed by atoms with Crippen molar-refractivity contribution in [1.29, 1.82) is 0 Å². The molecule has 4 atom stereocenters. The molecule has 1 aromatic carbocycles. The second-order valence-electron chi connectivity index (χ2n) is 6.52. The Morgan fingerprint density at radius 3 is 2.77 bits per heavy atom. The molecule has 2 saturated carbocycles. The summed E-state index contributed by atoms with van der Waals surface area (Å²) in [4.78, 5) is 22.9. The fourth-order valence-electron chi connectivity index (χ4n) is 4.15. The molecule has 0 aliphatic heterocycles. The molecular weight excluding hydrogens is 304 g/mol. The van der Waals surface area contributed by atoms with Crippen LogP contribution in [-0.4, -0.2) is 16.9 Å². The minimum absolute atomic E-state index is 0.0291. The summed E-state index contributed by atoms with van der Waals surface area (Å²) in [6.07, 6.45) is 4.97. The average Bonchev–Trinajstić information content (AvgIpc) is 3.09. The molecule has 1 amide bonds. The van der Waals surface area contributed by atoms with Crippen molar-refractivity contribution in [2.24, 2.45) is 17.8 Å². The molecule has 0 saturated heterocycles. The van der Waals surface area contributed by atoms with Crippen LogP contribution in [0.3, 0.4) is 0 Å². The molecule has 6 heteroatoms. The molecule has 5 nitrogen and oxygen atoms in total. The van der Waals surface area contributed by atoms with Gasteiger partial charge in [0.05, 0.1) is 4.92 Å². The first-order valence-corrected chi connectivity index (χ1v) is 8.08. The zero-order valence-corrected chi connectivity index (χ0v) is 13.2. The van der Waals surface area contributed by atoms with Gasteiger partial charge in [0.1, 0.15) is 5.56 Å². The Morgan fingerprint density at radius 2 is 2.18 bits per heavy atom. The largest absolute Gasteiger partial charge is 0.349 e. The van der Waals surface area contributed by atoms with Crippen LogP contribution in [-0.2, 0) is 0 Å². The number of benzene rings is 1. The number of carbonyl (C=O) groups excluding carboxylic acids is 1. The van der Waals surface area contributed by atoms with Gasteiger partial charge in [-0.3, -0.25) is 14.9 Å². The summed E-state index contributed by atoms with van der Waals surface area (Å²) in [7, 11) is 0. The summed E-state index contributed by atoms with van der Waals surface area (Å²) in [5.74, 6) is 1.56. The molecule has 2 aliphatic rings. The predicted molar refractivity (Wildman–Crippen MR) is 84.0 cm³/mol. The number of hydrogen-bond donors (Lipinski definition) is 1. The maximum absolute atomic E-state index is 12.4. The second kappa shape index (κ2) is 5.88. The van der Waals surface area contributed by atoms with Crippen LogP contribution in [0.5, 0.6) is 0 Å².